The number of nitrogens with one attached hydrogen (secondary N) is 2. The molecule has 1 aromatic heterocycles. The monoisotopic (exact) mass is 347 g/mol. The van der Waals surface area contributed by atoms with Crippen LogP contribution in [0.4, 0.5) is 0 Å². The smallest absolute Gasteiger partial charge is 0.230 e. The van der Waals surface area contributed by atoms with Crippen molar-refractivity contribution in [1.82, 2.24) is 25.4 Å². The predicted molar refractivity (Wildman–Crippen MR) is 91.7 cm³/mol. The molecule has 2 rings (SSSR count). The molecule has 1 amide bonds. The third-order valence-corrected chi connectivity index (χ3v) is 4.40. The highest BCUT2D eigenvalue weighted by Crippen LogP contribution is 2.24. The Morgan fingerprint density at radius 2 is 2.18 bits per heavy atom. The van der Waals surface area contributed by atoms with Crippen molar-refractivity contribution < 1.29 is 4.79 Å². The van der Waals surface area contributed by atoms with Crippen molar-refractivity contribution in [3.63, 3.8) is 0 Å². The van der Waals surface area contributed by atoms with Gasteiger partial charge in [-0.2, -0.15) is 0 Å². The average Bonchev–Trinajstić information content (AvgIpc) is 2.77. The van der Waals surface area contributed by atoms with Crippen molar-refractivity contribution in [3.8, 4) is 0 Å². The van der Waals surface area contributed by atoms with E-state index in [9.17, 15) is 4.79 Å². The molecule has 1 saturated heterocycles. The van der Waals surface area contributed by atoms with Gasteiger partial charge < -0.3 is 15.2 Å². The van der Waals surface area contributed by atoms with Gasteiger partial charge in [0.25, 0.3) is 0 Å². The quantitative estimate of drug-likeness (QED) is 0.811. The van der Waals surface area contributed by atoms with Crippen molar-refractivity contribution in [2.75, 3.05) is 18.8 Å². The minimum absolute atomic E-state index is 0. The Balaban J connectivity index is 0.00000242. The van der Waals surface area contributed by atoms with Gasteiger partial charge in [-0.3, -0.25) is 4.79 Å². The Bertz CT molecular complexity index is 494. The van der Waals surface area contributed by atoms with E-state index in [1.807, 2.05) is 32.4 Å². The second kappa shape index (κ2) is 8.17. The molecule has 2 heterocycles. The highest BCUT2D eigenvalue weighted by Gasteiger charge is 2.22. The van der Waals surface area contributed by atoms with Gasteiger partial charge in [0.15, 0.2) is 5.16 Å². The minimum Gasteiger partial charge on any atom is -0.351 e. The standard InChI is InChI=1S/C14H25N5OS.ClH/c1-14(2,3)16-11(20)9-21-13-18-17-12(19(13)4)10-6-5-7-15-8-10;/h10,15H,5-9H2,1-4H3,(H,16,20);1H. The van der Waals surface area contributed by atoms with Gasteiger partial charge in [-0.25, -0.2) is 0 Å². The number of carbonyl (C=O) groups excluding carboxylic acids is 1. The van der Waals surface area contributed by atoms with E-state index in [0.29, 0.717) is 11.7 Å². The van der Waals surface area contributed by atoms with Gasteiger partial charge in [-0.05, 0) is 40.2 Å². The first-order valence-electron chi connectivity index (χ1n) is 7.40. The number of piperidine rings is 1. The van der Waals surface area contributed by atoms with Gasteiger partial charge in [0, 0.05) is 25.0 Å². The molecule has 0 saturated carbocycles. The number of hydrogen-bond donors (Lipinski definition) is 2. The highest BCUT2D eigenvalue weighted by atomic mass is 35.5. The lowest BCUT2D eigenvalue weighted by Gasteiger charge is -2.22. The summed E-state index contributed by atoms with van der Waals surface area (Å²) in [5, 5.41) is 15.7. The van der Waals surface area contributed by atoms with E-state index in [0.717, 1.165) is 30.5 Å². The lowest BCUT2D eigenvalue weighted by atomic mass is 9.99. The van der Waals surface area contributed by atoms with Crippen LogP contribution in [0.3, 0.4) is 0 Å². The average molecular weight is 348 g/mol. The van der Waals surface area contributed by atoms with Crippen LogP contribution in [-0.4, -0.2) is 45.1 Å². The SMILES string of the molecule is Cl.Cn1c(SCC(=O)NC(C)(C)C)nnc1C1CCCNC1. The second-order valence-electron chi connectivity index (χ2n) is 6.53. The lowest BCUT2D eigenvalue weighted by Crippen LogP contribution is -2.41. The summed E-state index contributed by atoms with van der Waals surface area (Å²) in [6, 6.07) is 0. The second-order valence-corrected chi connectivity index (χ2v) is 7.47. The molecule has 126 valence electrons. The molecule has 2 N–H and O–H groups in total. The topological polar surface area (TPSA) is 71.8 Å². The van der Waals surface area contributed by atoms with Crippen LogP contribution in [0.25, 0.3) is 0 Å². The third kappa shape index (κ3) is 5.44. The molecule has 1 atom stereocenters. The van der Waals surface area contributed by atoms with Crippen LogP contribution in [0.15, 0.2) is 5.16 Å². The van der Waals surface area contributed by atoms with Gasteiger partial charge in [0.1, 0.15) is 5.82 Å². The molecule has 22 heavy (non-hydrogen) atoms. The Morgan fingerprint density at radius 3 is 2.77 bits per heavy atom. The molecule has 1 aliphatic rings. The maximum Gasteiger partial charge on any atom is 0.230 e. The van der Waals surface area contributed by atoms with Gasteiger partial charge in [0.05, 0.1) is 5.75 Å². The van der Waals surface area contributed by atoms with Gasteiger partial charge in [-0.15, -0.1) is 22.6 Å². The van der Waals surface area contributed by atoms with E-state index in [-0.39, 0.29) is 23.9 Å². The Morgan fingerprint density at radius 1 is 1.45 bits per heavy atom. The van der Waals surface area contributed by atoms with Gasteiger partial charge in [0.2, 0.25) is 5.91 Å². The van der Waals surface area contributed by atoms with Crippen molar-refractivity contribution >= 4 is 30.1 Å². The molecule has 1 aliphatic heterocycles. The van der Waals surface area contributed by atoms with E-state index in [2.05, 4.69) is 20.8 Å². The van der Waals surface area contributed by atoms with Crippen LogP contribution in [0.2, 0.25) is 0 Å². The molecular weight excluding hydrogens is 322 g/mol. The predicted octanol–water partition coefficient (Wildman–Crippen LogP) is 1.71. The fourth-order valence-electron chi connectivity index (χ4n) is 2.46. The number of halogens is 1. The molecule has 8 heteroatoms. The molecule has 6 nitrogen and oxygen atoms in total. The van der Waals surface area contributed by atoms with Crippen LogP contribution in [0, 0.1) is 0 Å². The molecule has 1 fully saturated rings. The van der Waals surface area contributed by atoms with E-state index < -0.39 is 0 Å². The zero-order valence-corrected chi connectivity index (χ0v) is 15.3. The lowest BCUT2D eigenvalue weighted by molar-refractivity contribution is -0.119. The number of aromatic nitrogens is 3. The largest absolute Gasteiger partial charge is 0.351 e. The van der Waals surface area contributed by atoms with Crippen LogP contribution in [0.5, 0.6) is 0 Å². The first-order chi connectivity index (χ1) is 9.87. The molecule has 0 aromatic carbocycles. The zero-order chi connectivity index (χ0) is 15.5. The summed E-state index contributed by atoms with van der Waals surface area (Å²) in [7, 11) is 1.98. The summed E-state index contributed by atoms with van der Waals surface area (Å²) in [5.41, 5.74) is -0.198. The summed E-state index contributed by atoms with van der Waals surface area (Å²) >= 11 is 1.44. The van der Waals surface area contributed by atoms with Crippen LogP contribution in [0.1, 0.15) is 45.4 Å². The van der Waals surface area contributed by atoms with Crippen molar-refractivity contribution in [2.24, 2.45) is 7.05 Å². The summed E-state index contributed by atoms with van der Waals surface area (Å²) in [6.07, 6.45) is 2.32. The Labute approximate surface area is 142 Å². The van der Waals surface area contributed by atoms with E-state index in [1.165, 1.54) is 18.2 Å². The van der Waals surface area contributed by atoms with E-state index in [4.69, 9.17) is 0 Å². The van der Waals surface area contributed by atoms with E-state index in [1.54, 1.807) is 0 Å². The Kier molecular flexibility index (Phi) is 7.15. The highest BCUT2D eigenvalue weighted by molar-refractivity contribution is 7.99. The number of rotatable bonds is 4. The van der Waals surface area contributed by atoms with Crippen molar-refractivity contribution in [3.05, 3.63) is 5.82 Å². The number of amides is 1. The molecule has 0 bridgehead atoms. The fraction of sp³-hybridized carbons (Fsp3) is 0.786. The van der Waals surface area contributed by atoms with Gasteiger partial charge in [-0.1, -0.05) is 11.8 Å². The molecular formula is C14H26ClN5OS. The van der Waals surface area contributed by atoms with Crippen molar-refractivity contribution in [1.29, 1.82) is 0 Å². The third-order valence-electron chi connectivity index (χ3n) is 3.38. The maximum absolute atomic E-state index is 11.9. The molecule has 0 spiro atoms. The van der Waals surface area contributed by atoms with Crippen LogP contribution >= 0.6 is 24.2 Å². The Hall–Kier alpha value is -0.790. The molecule has 0 radical (unpaired) electrons. The zero-order valence-electron chi connectivity index (χ0n) is 13.7. The molecule has 1 aromatic rings. The summed E-state index contributed by atoms with van der Waals surface area (Å²) in [4.78, 5) is 11.9. The molecule has 0 aliphatic carbocycles. The maximum atomic E-state index is 11.9. The van der Waals surface area contributed by atoms with Crippen molar-refractivity contribution in [2.45, 2.75) is 50.2 Å². The van der Waals surface area contributed by atoms with Crippen LogP contribution in [-0.2, 0) is 11.8 Å². The number of carbonyl (C=O) groups is 1. The first kappa shape index (κ1) is 19.3. The van der Waals surface area contributed by atoms with Gasteiger partial charge >= 0.3 is 0 Å². The number of thioether (sulfide) groups is 1. The minimum atomic E-state index is -0.198. The fourth-order valence-corrected chi connectivity index (χ4v) is 3.18. The molecule has 1 unspecified atom stereocenters. The summed E-state index contributed by atoms with van der Waals surface area (Å²) in [6.45, 7) is 7.98. The van der Waals surface area contributed by atoms with E-state index >= 15 is 0 Å². The summed E-state index contributed by atoms with van der Waals surface area (Å²) < 4.78 is 2.02. The first-order valence-corrected chi connectivity index (χ1v) is 8.39. The number of nitrogens with zero attached hydrogens (tertiary/aromatic N) is 3. The van der Waals surface area contributed by atoms with Crippen LogP contribution < -0.4 is 10.6 Å². The summed E-state index contributed by atoms with van der Waals surface area (Å²) in [5.74, 6) is 1.83. The number of hydrogen-bond acceptors (Lipinski definition) is 5. The normalized spacial score (nSPS) is 18.6.